The SMILES string of the molecule is CC=CCNc1cc(CC)ccc1C1(c2ccc(N3CCCC3)cc2N)OC(=O)c2cc(N3CCCC3)ccc21. The van der Waals surface area contributed by atoms with Crippen LogP contribution in [0.4, 0.5) is 22.7 Å². The van der Waals surface area contributed by atoms with Crippen molar-refractivity contribution in [2.75, 3.05) is 53.6 Å². The zero-order chi connectivity index (χ0) is 27.7. The fourth-order valence-electron chi connectivity index (χ4n) is 6.57. The number of nitrogens with zero attached hydrogens (tertiary/aromatic N) is 2. The van der Waals surface area contributed by atoms with Crippen LogP contribution in [-0.2, 0) is 16.8 Å². The molecule has 0 amide bonds. The number of hydrogen-bond acceptors (Lipinski definition) is 6. The van der Waals surface area contributed by atoms with Gasteiger partial charge in [-0.05, 0) is 74.9 Å². The van der Waals surface area contributed by atoms with Crippen molar-refractivity contribution in [1.82, 2.24) is 0 Å². The highest BCUT2D eigenvalue weighted by Gasteiger charge is 2.51. The van der Waals surface area contributed by atoms with Crippen molar-refractivity contribution in [3.63, 3.8) is 0 Å². The van der Waals surface area contributed by atoms with Gasteiger partial charge < -0.3 is 25.6 Å². The number of ether oxygens (including phenoxy) is 1. The van der Waals surface area contributed by atoms with Gasteiger partial charge in [0.05, 0.1) is 5.56 Å². The number of cyclic esters (lactones) is 1. The van der Waals surface area contributed by atoms with Gasteiger partial charge in [0.25, 0.3) is 0 Å². The summed E-state index contributed by atoms with van der Waals surface area (Å²) in [6.45, 7) is 8.95. The molecule has 3 N–H and O–H groups in total. The topological polar surface area (TPSA) is 70.8 Å². The molecule has 40 heavy (non-hydrogen) atoms. The normalized spacial score (nSPS) is 20.4. The lowest BCUT2D eigenvalue weighted by molar-refractivity contribution is 0.0256. The molecule has 3 aliphatic rings. The van der Waals surface area contributed by atoms with Crippen LogP contribution in [0.2, 0.25) is 0 Å². The first kappa shape index (κ1) is 26.3. The van der Waals surface area contributed by atoms with Crippen LogP contribution in [0.1, 0.15) is 72.1 Å². The number of anilines is 4. The third kappa shape index (κ3) is 4.49. The summed E-state index contributed by atoms with van der Waals surface area (Å²) < 4.78 is 6.57. The van der Waals surface area contributed by atoms with E-state index in [2.05, 4.69) is 76.6 Å². The summed E-state index contributed by atoms with van der Waals surface area (Å²) in [5.74, 6) is -0.307. The molecule has 2 fully saturated rings. The molecule has 2 saturated heterocycles. The third-order valence-corrected chi connectivity index (χ3v) is 8.72. The van der Waals surface area contributed by atoms with Crippen LogP contribution in [0.25, 0.3) is 0 Å². The van der Waals surface area contributed by atoms with Gasteiger partial charge in [0.2, 0.25) is 0 Å². The number of aryl methyl sites for hydroxylation is 1. The maximum atomic E-state index is 13.8. The Kier molecular flexibility index (Phi) is 7.18. The summed E-state index contributed by atoms with van der Waals surface area (Å²) in [7, 11) is 0. The molecular weight excluding hydrogens is 496 g/mol. The highest BCUT2D eigenvalue weighted by atomic mass is 16.6. The Bertz CT molecular complexity index is 1440. The van der Waals surface area contributed by atoms with Gasteiger partial charge in [-0.2, -0.15) is 0 Å². The van der Waals surface area contributed by atoms with E-state index < -0.39 is 5.60 Å². The maximum absolute atomic E-state index is 13.8. The molecule has 3 aromatic carbocycles. The molecule has 0 aliphatic carbocycles. The number of carbonyl (C=O) groups is 1. The Labute approximate surface area is 237 Å². The van der Waals surface area contributed by atoms with Crippen LogP contribution in [0.3, 0.4) is 0 Å². The second-order valence-corrected chi connectivity index (χ2v) is 11.1. The number of hydrogen-bond donors (Lipinski definition) is 2. The third-order valence-electron chi connectivity index (χ3n) is 8.72. The van der Waals surface area contributed by atoms with Gasteiger partial charge in [-0.3, -0.25) is 0 Å². The van der Waals surface area contributed by atoms with Crippen LogP contribution >= 0.6 is 0 Å². The molecule has 3 aromatic rings. The molecule has 1 unspecified atom stereocenters. The van der Waals surface area contributed by atoms with E-state index in [0.717, 1.165) is 66.4 Å². The number of nitrogen functional groups attached to an aromatic ring is 1. The number of rotatable bonds is 8. The molecule has 0 radical (unpaired) electrons. The zero-order valence-corrected chi connectivity index (χ0v) is 23.7. The monoisotopic (exact) mass is 536 g/mol. The standard InChI is InChI=1S/C34H40N4O2/c1-3-5-16-36-32-21-24(4-2)10-13-30(32)34(29-15-12-26(23-31(29)35)38-19-8-9-20-38)28-14-11-25(37-17-6-7-18-37)22-27(28)33(39)40-34/h3,5,10-15,21-23,36H,4,6-9,16-20,35H2,1-2H3. The summed E-state index contributed by atoms with van der Waals surface area (Å²) in [4.78, 5) is 18.5. The lowest BCUT2D eigenvalue weighted by Gasteiger charge is -2.34. The Balaban J connectivity index is 1.55. The molecule has 6 rings (SSSR count). The van der Waals surface area contributed by atoms with Gasteiger partial charge in [0, 0.05) is 72.2 Å². The van der Waals surface area contributed by atoms with Crippen molar-refractivity contribution in [2.24, 2.45) is 0 Å². The van der Waals surface area contributed by atoms with Crippen LogP contribution in [-0.4, -0.2) is 38.7 Å². The minimum absolute atomic E-state index is 0.307. The number of fused-ring (bicyclic) bond motifs is 1. The quantitative estimate of drug-likeness (QED) is 0.195. The predicted octanol–water partition coefficient (Wildman–Crippen LogP) is 6.48. The Morgan fingerprint density at radius 3 is 2.12 bits per heavy atom. The van der Waals surface area contributed by atoms with Crippen LogP contribution in [0, 0.1) is 0 Å². The number of carbonyl (C=O) groups excluding carboxylic acids is 1. The van der Waals surface area contributed by atoms with E-state index in [0.29, 0.717) is 17.8 Å². The van der Waals surface area contributed by atoms with Gasteiger partial charge in [-0.15, -0.1) is 0 Å². The number of nitrogens with two attached hydrogens (primary N) is 1. The van der Waals surface area contributed by atoms with Gasteiger partial charge in [-0.25, -0.2) is 4.79 Å². The lowest BCUT2D eigenvalue weighted by atomic mass is 9.77. The number of benzene rings is 3. The van der Waals surface area contributed by atoms with E-state index in [9.17, 15) is 4.79 Å². The summed E-state index contributed by atoms with van der Waals surface area (Å²) in [5, 5.41) is 3.60. The Morgan fingerprint density at radius 1 is 0.875 bits per heavy atom. The average Bonchev–Trinajstić information content (AvgIpc) is 3.75. The molecule has 0 spiro atoms. The smallest absolute Gasteiger partial charge is 0.340 e. The van der Waals surface area contributed by atoms with E-state index in [1.165, 1.54) is 31.2 Å². The maximum Gasteiger partial charge on any atom is 0.340 e. The Morgan fingerprint density at radius 2 is 1.50 bits per heavy atom. The largest absolute Gasteiger partial charge is 0.440 e. The molecular formula is C34H40N4O2. The summed E-state index contributed by atoms with van der Waals surface area (Å²) in [6, 6.07) is 18.9. The van der Waals surface area contributed by atoms with Gasteiger partial charge >= 0.3 is 5.97 Å². The molecule has 0 bridgehead atoms. The van der Waals surface area contributed by atoms with Crippen molar-refractivity contribution >= 4 is 28.7 Å². The van der Waals surface area contributed by atoms with Crippen molar-refractivity contribution < 1.29 is 9.53 Å². The first-order valence-electron chi connectivity index (χ1n) is 14.8. The zero-order valence-electron chi connectivity index (χ0n) is 23.7. The number of allylic oxidation sites excluding steroid dienone is 1. The predicted molar refractivity (Wildman–Crippen MR) is 165 cm³/mol. The van der Waals surface area contributed by atoms with E-state index in [1.54, 1.807) is 0 Å². The molecule has 0 saturated carbocycles. The first-order valence-corrected chi connectivity index (χ1v) is 14.8. The Hall–Kier alpha value is -3.93. The van der Waals surface area contributed by atoms with E-state index in [-0.39, 0.29) is 5.97 Å². The lowest BCUT2D eigenvalue weighted by Crippen LogP contribution is -2.32. The van der Waals surface area contributed by atoms with Gasteiger partial charge in [0.15, 0.2) is 5.60 Å². The minimum atomic E-state index is -1.16. The molecule has 0 aromatic heterocycles. The van der Waals surface area contributed by atoms with Crippen molar-refractivity contribution in [2.45, 2.75) is 51.6 Å². The average molecular weight is 537 g/mol. The fourth-order valence-corrected chi connectivity index (χ4v) is 6.57. The van der Waals surface area contributed by atoms with Crippen LogP contribution in [0.5, 0.6) is 0 Å². The molecule has 6 heteroatoms. The van der Waals surface area contributed by atoms with Gasteiger partial charge in [-0.1, -0.05) is 43.3 Å². The van der Waals surface area contributed by atoms with Crippen molar-refractivity contribution in [1.29, 1.82) is 0 Å². The second kappa shape index (κ2) is 10.9. The minimum Gasteiger partial charge on any atom is -0.440 e. The summed E-state index contributed by atoms with van der Waals surface area (Å²) in [5.41, 5.74) is 13.9. The number of nitrogens with one attached hydrogen (secondary N) is 1. The highest BCUT2D eigenvalue weighted by molar-refractivity contribution is 5.98. The van der Waals surface area contributed by atoms with E-state index in [1.807, 2.05) is 19.1 Å². The van der Waals surface area contributed by atoms with E-state index in [4.69, 9.17) is 10.5 Å². The molecule has 3 heterocycles. The first-order chi connectivity index (χ1) is 19.5. The molecule has 208 valence electrons. The van der Waals surface area contributed by atoms with Crippen molar-refractivity contribution in [3.05, 3.63) is 94.6 Å². The van der Waals surface area contributed by atoms with Crippen LogP contribution in [0.15, 0.2) is 66.7 Å². The van der Waals surface area contributed by atoms with E-state index >= 15 is 0 Å². The van der Waals surface area contributed by atoms with Crippen molar-refractivity contribution in [3.8, 4) is 0 Å². The molecule has 3 aliphatic heterocycles. The highest BCUT2D eigenvalue weighted by Crippen LogP contribution is 2.52. The van der Waals surface area contributed by atoms with Gasteiger partial charge in [0.1, 0.15) is 0 Å². The number of esters is 1. The summed E-state index contributed by atoms with van der Waals surface area (Å²) in [6.07, 6.45) is 9.78. The second-order valence-electron chi connectivity index (χ2n) is 11.1. The molecule has 6 nitrogen and oxygen atoms in total. The summed E-state index contributed by atoms with van der Waals surface area (Å²) >= 11 is 0. The fraction of sp³-hybridized carbons (Fsp3) is 0.382. The van der Waals surface area contributed by atoms with Crippen LogP contribution < -0.4 is 20.9 Å². The molecule has 1 atom stereocenters.